The van der Waals surface area contributed by atoms with E-state index in [1.165, 1.54) is 0 Å². The minimum Gasteiger partial charge on any atom is -0.409 e. The fraction of sp³-hybridized carbons (Fsp3) is 0.750. The van der Waals surface area contributed by atoms with E-state index in [9.17, 15) is 4.79 Å². The van der Waals surface area contributed by atoms with Gasteiger partial charge in [0.25, 0.3) is 0 Å². The molecule has 0 aliphatic carbocycles. The molecule has 1 amide bonds. The van der Waals surface area contributed by atoms with E-state index in [1.807, 2.05) is 0 Å². The standard InChI is InChI=1S/C8H15N3O3/c9-7(11-13)4-8(12)10-6-2-1-3-14-5-6/h6,13H,1-5H2,(H2,9,11)(H,10,12). The molecule has 14 heavy (non-hydrogen) atoms. The van der Waals surface area contributed by atoms with Crippen molar-refractivity contribution in [2.75, 3.05) is 13.2 Å². The zero-order valence-electron chi connectivity index (χ0n) is 7.90. The summed E-state index contributed by atoms with van der Waals surface area (Å²) in [4.78, 5) is 11.2. The predicted octanol–water partition coefficient (Wildman–Crippen LogP) is -0.582. The van der Waals surface area contributed by atoms with Gasteiger partial charge < -0.3 is 21.0 Å². The Kier molecular flexibility index (Phi) is 4.18. The summed E-state index contributed by atoms with van der Waals surface area (Å²) < 4.78 is 5.19. The fourth-order valence-electron chi connectivity index (χ4n) is 1.33. The molecule has 1 rings (SSSR count). The number of amides is 1. The van der Waals surface area contributed by atoms with Crippen LogP contribution in [-0.2, 0) is 9.53 Å². The van der Waals surface area contributed by atoms with Gasteiger partial charge in [0.05, 0.1) is 19.1 Å². The van der Waals surface area contributed by atoms with Crippen LogP contribution < -0.4 is 11.1 Å². The van der Waals surface area contributed by atoms with Gasteiger partial charge in [0.15, 0.2) is 0 Å². The van der Waals surface area contributed by atoms with E-state index < -0.39 is 0 Å². The Labute approximate surface area is 82.1 Å². The first kappa shape index (κ1) is 10.8. The van der Waals surface area contributed by atoms with Crippen LogP contribution in [0.1, 0.15) is 19.3 Å². The van der Waals surface area contributed by atoms with E-state index in [-0.39, 0.29) is 24.2 Å². The maximum absolute atomic E-state index is 11.2. The third kappa shape index (κ3) is 3.61. The van der Waals surface area contributed by atoms with Crippen molar-refractivity contribution in [2.45, 2.75) is 25.3 Å². The molecule has 0 aromatic carbocycles. The summed E-state index contributed by atoms with van der Waals surface area (Å²) in [6.45, 7) is 1.30. The molecule has 0 radical (unpaired) electrons. The average Bonchev–Trinajstić information content (AvgIpc) is 2.19. The van der Waals surface area contributed by atoms with Gasteiger partial charge in [-0.15, -0.1) is 0 Å². The first-order chi connectivity index (χ1) is 6.72. The number of amidine groups is 1. The van der Waals surface area contributed by atoms with Gasteiger partial charge in [-0.2, -0.15) is 0 Å². The van der Waals surface area contributed by atoms with Gasteiger partial charge in [0, 0.05) is 6.61 Å². The maximum atomic E-state index is 11.2. The molecule has 0 aromatic heterocycles. The summed E-state index contributed by atoms with van der Waals surface area (Å²) in [5, 5.41) is 13.7. The number of ether oxygens (including phenoxy) is 1. The molecule has 0 aromatic rings. The number of hydrogen-bond donors (Lipinski definition) is 3. The Balaban J connectivity index is 2.25. The molecular formula is C8H15N3O3. The Morgan fingerprint density at radius 1 is 1.71 bits per heavy atom. The number of hydrogen-bond acceptors (Lipinski definition) is 4. The van der Waals surface area contributed by atoms with Gasteiger partial charge >= 0.3 is 0 Å². The SMILES string of the molecule is NC(CC(=O)NC1CCCOC1)=NO. The number of carbonyl (C=O) groups is 1. The van der Waals surface area contributed by atoms with E-state index in [4.69, 9.17) is 15.7 Å². The summed E-state index contributed by atoms with van der Waals surface area (Å²) in [6, 6.07) is 0.0581. The largest absolute Gasteiger partial charge is 0.409 e. The van der Waals surface area contributed by atoms with Crippen LogP contribution in [0.25, 0.3) is 0 Å². The Hall–Kier alpha value is -1.30. The highest BCUT2D eigenvalue weighted by Crippen LogP contribution is 2.05. The predicted molar refractivity (Wildman–Crippen MR) is 50.0 cm³/mol. The fourth-order valence-corrected chi connectivity index (χ4v) is 1.33. The minimum atomic E-state index is -0.240. The summed E-state index contributed by atoms with van der Waals surface area (Å²) >= 11 is 0. The highest BCUT2D eigenvalue weighted by atomic mass is 16.5. The molecule has 0 saturated carbocycles. The molecule has 0 bridgehead atoms. The second-order valence-corrected chi connectivity index (χ2v) is 3.25. The Morgan fingerprint density at radius 2 is 2.50 bits per heavy atom. The van der Waals surface area contributed by atoms with Gasteiger partial charge in [0.2, 0.25) is 5.91 Å². The summed E-state index contributed by atoms with van der Waals surface area (Å²) in [5.74, 6) is -0.324. The van der Waals surface area contributed by atoms with Crippen molar-refractivity contribution in [3.05, 3.63) is 0 Å². The van der Waals surface area contributed by atoms with Crippen LogP contribution in [0.5, 0.6) is 0 Å². The lowest BCUT2D eigenvalue weighted by molar-refractivity contribution is -0.121. The van der Waals surface area contributed by atoms with Crippen LogP contribution in [0.3, 0.4) is 0 Å². The lowest BCUT2D eigenvalue weighted by Crippen LogP contribution is -2.41. The molecule has 1 aliphatic heterocycles. The van der Waals surface area contributed by atoms with Crippen molar-refractivity contribution in [2.24, 2.45) is 10.9 Å². The number of nitrogens with one attached hydrogen (secondary N) is 1. The van der Waals surface area contributed by atoms with Crippen molar-refractivity contribution >= 4 is 11.7 Å². The van der Waals surface area contributed by atoms with E-state index in [0.717, 1.165) is 19.4 Å². The van der Waals surface area contributed by atoms with E-state index in [1.54, 1.807) is 0 Å². The van der Waals surface area contributed by atoms with Gasteiger partial charge in [0.1, 0.15) is 5.84 Å². The first-order valence-corrected chi connectivity index (χ1v) is 4.56. The molecule has 0 spiro atoms. The lowest BCUT2D eigenvalue weighted by Gasteiger charge is -2.22. The zero-order chi connectivity index (χ0) is 10.4. The molecule has 1 aliphatic rings. The normalized spacial score (nSPS) is 23.1. The molecule has 1 heterocycles. The maximum Gasteiger partial charge on any atom is 0.227 e. The molecule has 6 nitrogen and oxygen atoms in total. The Bertz CT molecular complexity index is 224. The van der Waals surface area contributed by atoms with Crippen molar-refractivity contribution in [3.63, 3.8) is 0 Å². The quantitative estimate of drug-likeness (QED) is 0.246. The van der Waals surface area contributed by atoms with Crippen LogP contribution in [0.4, 0.5) is 0 Å². The highest BCUT2D eigenvalue weighted by molar-refractivity contribution is 5.98. The molecule has 1 saturated heterocycles. The molecule has 80 valence electrons. The lowest BCUT2D eigenvalue weighted by atomic mass is 10.1. The molecule has 4 N–H and O–H groups in total. The average molecular weight is 201 g/mol. The van der Waals surface area contributed by atoms with Gasteiger partial charge in [-0.05, 0) is 12.8 Å². The van der Waals surface area contributed by atoms with Gasteiger partial charge in [-0.3, -0.25) is 4.79 Å². The van der Waals surface area contributed by atoms with Crippen molar-refractivity contribution < 1.29 is 14.7 Å². The summed E-state index contributed by atoms with van der Waals surface area (Å²) in [6.07, 6.45) is 1.80. The minimum absolute atomic E-state index is 0.0581. The van der Waals surface area contributed by atoms with Crippen molar-refractivity contribution in [3.8, 4) is 0 Å². The molecule has 1 atom stereocenters. The van der Waals surface area contributed by atoms with Gasteiger partial charge in [-0.25, -0.2) is 0 Å². The van der Waals surface area contributed by atoms with Crippen LogP contribution in [-0.4, -0.2) is 36.2 Å². The van der Waals surface area contributed by atoms with Crippen LogP contribution >= 0.6 is 0 Å². The number of rotatable bonds is 3. The van der Waals surface area contributed by atoms with E-state index >= 15 is 0 Å². The molecule has 1 fully saturated rings. The van der Waals surface area contributed by atoms with E-state index in [0.29, 0.717) is 6.61 Å². The van der Waals surface area contributed by atoms with Crippen molar-refractivity contribution in [1.29, 1.82) is 0 Å². The van der Waals surface area contributed by atoms with Crippen LogP contribution in [0.2, 0.25) is 0 Å². The third-order valence-corrected chi connectivity index (χ3v) is 2.00. The third-order valence-electron chi connectivity index (χ3n) is 2.00. The number of oxime groups is 1. The van der Waals surface area contributed by atoms with Gasteiger partial charge in [-0.1, -0.05) is 5.16 Å². The topological polar surface area (TPSA) is 96.9 Å². The number of carbonyl (C=O) groups excluding carboxylic acids is 1. The summed E-state index contributed by atoms with van der Waals surface area (Å²) in [5.41, 5.74) is 5.19. The first-order valence-electron chi connectivity index (χ1n) is 4.56. The summed E-state index contributed by atoms with van der Waals surface area (Å²) in [7, 11) is 0. The molecule has 6 heteroatoms. The molecule has 1 unspecified atom stereocenters. The van der Waals surface area contributed by atoms with Crippen LogP contribution in [0, 0.1) is 0 Å². The monoisotopic (exact) mass is 201 g/mol. The zero-order valence-corrected chi connectivity index (χ0v) is 7.90. The smallest absolute Gasteiger partial charge is 0.227 e. The number of nitrogens with two attached hydrogens (primary N) is 1. The molecular weight excluding hydrogens is 186 g/mol. The van der Waals surface area contributed by atoms with Crippen molar-refractivity contribution in [1.82, 2.24) is 5.32 Å². The van der Waals surface area contributed by atoms with E-state index in [2.05, 4.69) is 10.5 Å². The highest BCUT2D eigenvalue weighted by Gasteiger charge is 2.16. The second-order valence-electron chi connectivity index (χ2n) is 3.25. The second kappa shape index (κ2) is 5.43. The van der Waals surface area contributed by atoms with Crippen LogP contribution in [0.15, 0.2) is 5.16 Å². The number of nitrogens with zero attached hydrogens (tertiary/aromatic N) is 1. The Morgan fingerprint density at radius 3 is 3.07 bits per heavy atom.